The molecule has 0 N–H and O–H groups in total. The minimum absolute atomic E-state index is 0.110. The Kier molecular flexibility index (Phi) is 5.61. The molecule has 1 aliphatic rings. The molecule has 6 heteroatoms. The Morgan fingerprint density at radius 2 is 2.00 bits per heavy atom. The van der Waals surface area contributed by atoms with Crippen molar-refractivity contribution in [1.82, 2.24) is 4.90 Å². The van der Waals surface area contributed by atoms with Crippen LogP contribution in [-0.4, -0.2) is 36.5 Å². The molecule has 0 aliphatic carbocycles. The molecule has 2 heterocycles. The van der Waals surface area contributed by atoms with Crippen molar-refractivity contribution >= 4 is 23.2 Å². The lowest BCUT2D eigenvalue weighted by Gasteiger charge is -2.21. The van der Waals surface area contributed by atoms with Crippen molar-refractivity contribution in [3.63, 3.8) is 0 Å². The van der Waals surface area contributed by atoms with Gasteiger partial charge in [-0.2, -0.15) is 0 Å². The Bertz CT molecular complexity index is 794. The Hall–Kier alpha value is -2.34. The average Bonchev–Trinajstić information content (AvgIpc) is 3.29. The van der Waals surface area contributed by atoms with Gasteiger partial charge in [-0.15, -0.1) is 11.3 Å². The predicted molar refractivity (Wildman–Crippen MR) is 101 cm³/mol. The van der Waals surface area contributed by atoms with Crippen LogP contribution in [0.5, 0.6) is 5.75 Å². The summed E-state index contributed by atoms with van der Waals surface area (Å²) >= 11 is 1.39. The third-order valence-electron chi connectivity index (χ3n) is 4.64. The zero-order valence-electron chi connectivity index (χ0n) is 15.3. The van der Waals surface area contributed by atoms with Crippen LogP contribution in [0.1, 0.15) is 39.2 Å². The van der Waals surface area contributed by atoms with E-state index in [9.17, 15) is 9.59 Å². The first-order valence-electron chi connectivity index (χ1n) is 8.66. The van der Waals surface area contributed by atoms with Crippen LogP contribution in [0.2, 0.25) is 0 Å². The van der Waals surface area contributed by atoms with Gasteiger partial charge in [-0.1, -0.05) is 18.2 Å². The fourth-order valence-electron chi connectivity index (χ4n) is 3.28. The summed E-state index contributed by atoms with van der Waals surface area (Å²) in [6.07, 6.45) is 1.48. The van der Waals surface area contributed by atoms with Crippen molar-refractivity contribution in [3.05, 3.63) is 51.2 Å². The number of hydrogen-bond donors (Lipinski definition) is 0. The molecule has 1 aliphatic heterocycles. The highest BCUT2D eigenvalue weighted by molar-refractivity contribution is 7.12. The van der Waals surface area contributed by atoms with Crippen LogP contribution in [0.4, 0.5) is 0 Å². The normalized spacial score (nSPS) is 16.6. The SMILES string of the molecule is COC(=O)C1CCCN1C(=O)c1cc(COc2c(C)cccc2C)cs1. The molecule has 1 amide bonds. The number of methoxy groups -OCH3 is 1. The molecule has 0 saturated carbocycles. The first-order valence-corrected chi connectivity index (χ1v) is 9.54. The van der Waals surface area contributed by atoms with E-state index < -0.39 is 6.04 Å². The van der Waals surface area contributed by atoms with Crippen molar-refractivity contribution in [3.8, 4) is 5.75 Å². The average molecular weight is 373 g/mol. The molecule has 0 bridgehead atoms. The zero-order chi connectivity index (χ0) is 18.7. The summed E-state index contributed by atoms with van der Waals surface area (Å²) in [6, 6.07) is 7.43. The van der Waals surface area contributed by atoms with Crippen molar-refractivity contribution < 1.29 is 19.1 Å². The number of nitrogens with zero attached hydrogens (tertiary/aromatic N) is 1. The van der Waals surface area contributed by atoms with Gasteiger partial charge < -0.3 is 14.4 Å². The second-order valence-corrected chi connectivity index (χ2v) is 7.42. The molecule has 26 heavy (non-hydrogen) atoms. The second kappa shape index (κ2) is 7.91. The van der Waals surface area contributed by atoms with E-state index in [1.54, 1.807) is 4.90 Å². The zero-order valence-corrected chi connectivity index (χ0v) is 16.1. The number of hydrogen-bond acceptors (Lipinski definition) is 5. The summed E-state index contributed by atoms with van der Waals surface area (Å²) in [5, 5.41) is 1.93. The number of esters is 1. The molecule has 0 spiro atoms. The molecule has 3 rings (SSSR count). The van der Waals surface area contributed by atoms with Gasteiger partial charge in [-0.25, -0.2) is 4.79 Å². The number of carbonyl (C=O) groups excluding carboxylic acids is 2. The Morgan fingerprint density at radius 1 is 1.27 bits per heavy atom. The topological polar surface area (TPSA) is 55.8 Å². The number of benzene rings is 1. The Labute approximate surface area is 157 Å². The van der Waals surface area contributed by atoms with E-state index in [1.807, 2.05) is 43.5 Å². The quantitative estimate of drug-likeness (QED) is 0.750. The van der Waals surface area contributed by atoms with Gasteiger partial charge in [0, 0.05) is 12.1 Å². The molecule has 5 nitrogen and oxygen atoms in total. The first kappa shape index (κ1) is 18.5. The van der Waals surface area contributed by atoms with E-state index in [0.717, 1.165) is 28.9 Å². The molecule has 1 saturated heterocycles. The van der Waals surface area contributed by atoms with Crippen LogP contribution in [-0.2, 0) is 16.1 Å². The van der Waals surface area contributed by atoms with E-state index in [0.29, 0.717) is 24.4 Å². The first-order chi connectivity index (χ1) is 12.5. The molecule has 1 aromatic heterocycles. The van der Waals surface area contributed by atoms with Crippen molar-refractivity contribution in [2.45, 2.75) is 39.3 Å². The lowest BCUT2D eigenvalue weighted by molar-refractivity contribution is -0.145. The molecular weight excluding hydrogens is 350 g/mol. The van der Waals surface area contributed by atoms with Crippen LogP contribution < -0.4 is 4.74 Å². The van der Waals surface area contributed by atoms with Gasteiger partial charge in [0.05, 0.1) is 12.0 Å². The van der Waals surface area contributed by atoms with Gasteiger partial charge >= 0.3 is 5.97 Å². The number of rotatable bonds is 5. The third kappa shape index (κ3) is 3.75. The molecule has 2 aromatic rings. The van der Waals surface area contributed by atoms with Gasteiger partial charge in [0.25, 0.3) is 5.91 Å². The molecule has 1 aromatic carbocycles. The van der Waals surface area contributed by atoms with Crippen LogP contribution in [0.3, 0.4) is 0 Å². The van der Waals surface area contributed by atoms with E-state index >= 15 is 0 Å². The molecule has 1 fully saturated rings. The summed E-state index contributed by atoms with van der Waals surface area (Å²) in [4.78, 5) is 26.9. The maximum Gasteiger partial charge on any atom is 0.328 e. The predicted octanol–water partition coefficient (Wildman–Crippen LogP) is 3.72. The monoisotopic (exact) mass is 373 g/mol. The maximum atomic E-state index is 12.8. The van der Waals surface area contributed by atoms with Crippen LogP contribution in [0.25, 0.3) is 0 Å². The van der Waals surface area contributed by atoms with E-state index in [1.165, 1.54) is 18.4 Å². The summed E-state index contributed by atoms with van der Waals surface area (Å²) in [6.45, 7) is 5.04. The molecular formula is C20H23NO4S. The number of ether oxygens (including phenoxy) is 2. The van der Waals surface area contributed by atoms with Crippen LogP contribution >= 0.6 is 11.3 Å². The molecule has 0 radical (unpaired) electrons. The minimum Gasteiger partial charge on any atom is -0.488 e. The summed E-state index contributed by atoms with van der Waals surface area (Å²) in [7, 11) is 1.36. The largest absolute Gasteiger partial charge is 0.488 e. The van der Waals surface area contributed by atoms with Crippen molar-refractivity contribution in [2.24, 2.45) is 0 Å². The fourth-order valence-corrected chi connectivity index (χ4v) is 4.13. The number of para-hydroxylation sites is 1. The van der Waals surface area contributed by atoms with Gasteiger partial charge in [-0.05, 0) is 49.3 Å². The lowest BCUT2D eigenvalue weighted by atomic mass is 10.1. The fraction of sp³-hybridized carbons (Fsp3) is 0.400. The van der Waals surface area contributed by atoms with Gasteiger partial charge in [-0.3, -0.25) is 4.79 Å². The van der Waals surface area contributed by atoms with Gasteiger partial charge in [0.2, 0.25) is 0 Å². The Morgan fingerprint density at radius 3 is 2.69 bits per heavy atom. The van der Waals surface area contributed by atoms with Crippen LogP contribution in [0.15, 0.2) is 29.6 Å². The number of carbonyl (C=O) groups is 2. The number of thiophene rings is 1. The second-order valence-electron chi connectivity index (χ2n) is 6.51. The molecule has 1 atom stereocenters. The third-order valence-corrected chi connectivity index (χ3v) is 5.61. The highest BCUT2D eigenvalue weighted by Gasteiger charge is 2.35. The standard InChI is InChI=1S/C20H23NO4S/c1-13-6-4-7-14(2)18(13)25-11-15-10-17(26-12-15)19(22)21-9-5-8-16(21)20(23)24-3/h4,6-7,10,12,16H,5,8-9,11H2,1-3H3. The summed E-state index contributed by atoms with van der Waals surface area (Å²) < 4.78 is 10.8. The number of likely N-dealkylation sites (tertiary alicyclic amines) is 1. The highest BCUT2D eigenvalue weighted by atomic mass is 32.1. The number of amides is 1. The molecule has 138 valence electrons. The van der Waals surface area contributed by atoms with Gasteiger partial charge in [0.1, 0.15) is 18.4 Å². The van der Waals surface area contributed by atoms with Gasteiger partial charge in [0.15, 0.2) is 0 Å². The molecule has 1 unspecified atom stereocenters. The highest BCUT2D eigenvalue weighted by Crippen LogP contribution is 2.27. The van der Waals surface area contributed by atoms with Crippen molar-refractivity contribution in [1.29, 1.82) is 0 Å². The minimum atomic E-state index is -0.469. The lowest BCUT2D eigenvalue weighted by Crippen LogP contribution is -2.40. The van der Waals surface area contributed by atoms with E-state index in [2.05, 4.69) is 0 Å². The maximum absolute atomic E-state index is 12.8. The summed E-state index contributed by atoms with van der Waals surface area (Å²) in [5.74, 6) is 0.434. The van der Waals surface area contributed by atoms with E-state index in [-0.39, 0.29) is 11.9 Å². The van der Waals surface area contributed by atoms with Crippen LogP contribution in [0, 0.1) is 13.8 Å². The summed E-state index contributed by atoms with van der Waals surface area (Å²) in [5.41, 5.74) is 3.14. The number of aryl methyl sites for hydroxylation is 2. The Balaban J connectivity index is 1.68. The van der Waals surface area contributed by atoms with E-state index in [4.69, 9.17) is 9.47 Å². The van der Waals surface area contributed by atoms with Crippen molar-refractivity contribution in [2.75, 3.05) is 13.7 Å². The smallest absolute Gasteiger partial charge is 0.328 e.